The SMILES string of the molecule is CC1C=C(c2cc(-c3ccccc3)nn2Cn2c3c(c4ccccc42)C2C(C)(C)c4ccccc4C2(C)C=C3)C=CC1c1ccc(-c2ccccc2)cc1. The van der Waals surface area contributed by atoms with Gasteiger partial charge in [0.2, 0.25) is 0 Å². The van der Waals surface area contributed by atoms with E-state index in [1.54, 1.807) is 0 Å². The average molecular weight is 700 g/mol. The molecule has 2 heterocycles. The molecule has 54 heavy (non-hydrogen) atoms. The summed E-state index contributed by atoms with van der Waals surface area (Å²) in [4.78, 5) is 0. The minimum atomic E-state index is -0.0777. The van der Waals surface area contributed by atoms with Gasteiger partial charge in [0.25, 0.3) is 0 Å². The Labute approximate surface area is 318 Å². The van der Waals surface area contributed by atoms with E-state index >= 15 is 0 Å². The lowest BCUT2D eigenvalue weighted by molar-refractivity contribution is 0.355. The van der Waals surface area contributed by atoms with Crippen molar-refractivity contribution in [2.75, 3.05) is 0 Å². The fourth-order valence-electron chi connectivity index (χ4n) is 10.2. The fourth-order valence-corrected chi connectivity index (χ4v) is 10.2. The number of hydrogen-bond donors (Lipinski definition) is 0. The zero-order valence-electron chi connectivity index (χ0n) is 31.4. The van der Waals surface area contributed by atoms with Crippen LogP contribution in [0.2, 0.25) is 0 Å². The van der Waals surface area contributed by atoms with Crippen LogP contribution < -0.4 is 0 Å². The van der Waals surface area contributed by atoms with Crippen LogP contribution in [0.3, 0.4) is 0 Å². The van der Waals surface area contributed by atoms with Gasteiger partial charge in [0, 0.05) is 33.9 Å². The van der Waals surface area contributed by atoms with Crippen molar-refractivity contribution in [3.05, 3.63) is 197 Å². The lowest BCUT2D eigenvalue weighted by Gasteiger charge is -2.40. The first kappa shape index (κ1) is 32.7. The van der Waals surface area contributed by atoms with Gasteiger partial charge in [0.05, 0.1) is 16.9 Å². The molecule has 0 amide bonds. The number of hydrogen-bond acceptors (Lipinski definition) is 1. The van der Waals surface area contributed by atoms with Crippen molar-refractivity contribution in [2.45, 2.75) is 57.0 Å². The van der Waals surface area contributed by atoms with Crippen molar-refractivity contribution in [1.29, 1.82) is 0 Å². The minimum Gasteiger partial charge on any atom is -0.320 e. The number of fused-ring (bicyclic) bond motifs is 7. The minimum absolute atomic E-state index is 0.0244. The van der Waals surface area contributed by atoms with E-state index in [1.807, 2.05) is 0 Å². The summed E-state index contributed by atoms with van der Waals surface area (Å²) in [6.45, 7) is 10.3. The number of allylic oxidation sites excluding steroid dienone is 5. The number of nitrogens with zero attached hydrogens (tertiary/aromatic N) is 3. The molecule has 2 aromatic heterocycles. The molecule has 0 radical (unpaired) electrons. The highest BCUT2D eigenvalue weighted by Crippen LogP contribution is 2.63. The molecule has 0 aliphatic heterocycles. The normalized spacial score (nSPS) is 22.1. The lowest BCUT2D eigenvalue weighted by Crippen LogP contribution is -2.34. The Morgan fingerprint density at radius 2 is 1.31 bits per heavy atom. The molecule has 264 valence electrons. The Morgan fingerprint density at radius 3 is 2.06 bits per heavy atom. The topological polar surface area (TPSA) is 22.8 Å². The summed E-state index contributed by atoms with van der Waals surface area (Å²) in [5, 5.41) is 6.71. The van der Waals surface area contributed by atoms with E-state index < -0.39 is 0 Å². The van der Waals surface area contributed by atoms with Gasteiger partial charge in [-0.2, -0.15) is 5.10 Å². The van der Waals surface area contributed by atoms with Crippen LogP contribution in [0.15, 0.2) is 164 Å². The van der Waals surface area contributed by atoms with E-state index in [0.717, 1.165) is 17.0 Å². The van der Waals surface area contributed by atoms with Gasteiger partial charge in [-0.05, 0) is 68.5 Å². The largest absolute Gasteiger partial charge is 0.320 e. The molecule has 3 aliphatic carbocycles. The summed E-state index contributed by atoms with van der Waals surface area (Å²) >= 11 is 0. The summed E-state index contributed by atoms with van der Waals surface area (Å²) in [5.41, 5.74) is 15.1. The standard InChI is InChI=1S/C51H45N3/c1-34-31-39(27-28-40(34)37-25-23-36(24-26-37)35-15-7-5-8-16-35)47-32-44(38-17-9-6-10-18-38)52-54(47)33-53-45-22-14-11-19-41(45)48-46(53)29-30-51(4)43-21-13-12-20-42(43)50(2,3)49(48)51/h5-32,34,40,49H,33H2,1-4H3. The zero-order valence-corrected chi connectivity index (χ0v) is 31.4. The summed E-state index contributed by atoms with van der Waals surface area (Å²) < 4.78 is 4.75. The van der Waals surface area contributed by atoms with E-state index in [4.69, 9.17) is 5.10 Å². The smallest absolute Gasteiger partial charge is 0.117 e. The second-order valence-electron chi connectivity index (χ2n) is 16.3. The first-order chi connectivity index (χ1) is 26.3. The third-order valence-electron chi connectivity index (χ3n) is 12.8. The van der Waals surface area contributed by atoms with Gasteiger partial charge in [0.15, 0.2) is 0 Å². The van der Waals surface area contributed by atoms with Crippen LogP contribution in [0.5, 0.6) is 0 Å². The molecule has 4 atom stereocenters. The van der Waals surface area contributed by atoms with E-state index in [9.17, 15) is 0 Å². The number of benzene rings is 5. The maximum Gasteiger partial charge on any atom is 0.117 e. The van der Waals surface area contributed by atoms with Gasteiger partial charge in [-0.15, -0.1) is 0 Å². The molecule has 3 nitrogen and oxygen atoms in total. The maximum atomic E-state index is 5.37. The van der Waals surface area contributed by atoms with Crippen molar-refractivity contribution >= 4 is 22.6 Å². The number of rotatable bonds is 6. The molecule has 4 unspecified atom stereocenters. The van der Waals surface area contributed by atoms with Crippen LogP contribution in [-0.4, -0.2) is 14.3 Å². The van der Waals surface area contributed by atoms with Gasteiger partial charge in [-0.1, -0.05) is 179 Å². The summed E-state index contributed by atoms with van der Waals surface area (Å²) in [5.74, 6) is 0.944. The Kier molecular flexibility index (Phi) is 7.46. The Morgan fingerprint density at radius 1 is 0.667 bits per heavy atom. The van der Waals surface area contributed by atoms with Crippen molar-refractivity contribution < 1.29 is 0 Å². The van der Waals surface area contributed by atoms with Crippen LogP contribution in [0, 0.1) is 5.92 Å². The van der Waals surface area contributed by atoms with E-state index in [1.165, 1.54) is 55.6 Å². The highest BCUT2D eigenvalue weighted by molar-refractivity contribution is 5.91. The highest BCUT2D eigenvalue weighted by Gasteiger charge is 2.55. The molecule has 0 fully saturated rings. The molecule has 0 bridgehead atoms. The summed E-state index contributed by atoms with van der Waals surface area (Å²) in [6, 6.07) is 50.8. The van der Waals surface area contributed by atoms with Crippen LogP contribution in [0.25, 0.3) is 44.9 Å². The van der Waals surface area contributed by atoms with Crippen molar-refractivity contribution in [2.24, 2.45) is 5.92 Å². The van der Waals surface area contributed by atoms with Gasteiger partial charge in [-0.25, -0.2) is 4.68 Å². The number of para-hydroxylation sites is 1. The van der Waals surface area contributed by atoms with Crippen LogP contribution in [0.1, 0.15) is 73.2 Å². The molecule has 5 aromatic carbocycles. The zero-order chi connectivity index (χ0) is 36.6. The third-order valence-corrected chi connectivity index (χ3v) is 12.8. The van der Waals surface area contributed by atoms with E-state index in [0.29, 0.717) is 24.4 Å². The predicted molar refractivity (Wildman–Crippen MR) is 224 cm³/mol. The highest BCUT2D eigenvalue weighted by atomic mass is 15.4. The van der Waals surface area contributed by atoms with Crippen LogP contribution in [0.4, 0.5) is 0 Å². The van der Waals surface area contributed by atoms with Crippen molar-refractivity contribution in [3.8, 4) is 22.4 Å². The summed E-state index contributed by atoms with van der Waals surface area (Å²) in [6.07, 6.45) is 12.1. The average Bonchev–Trinajstić information content (AvgIpc) is 3.83. The predicted octanol–water partition coefficient (Wildman–Crippen LogP) is 12.4. The van der Waals surface area contributed by atoms with Crippen LogP contribution in [-0.2, 0) is 17.5 Å². The molecule has 3 aliphatic rings. The van der Waals surface area contributed by atoms with Crippen molar-refractivity contribution in [3.63, 3.8) is 0 Å². The first-order valence-corrected chi connectivity index (χ1v) is 19.4. The molecule has 7 aromatic rings. The second-order valence-corrected chi connectivity index (χ2v) is 16.3. The lowest BCUT2D eigenvalue weighted by atomic mass is 9.63. The molecule has 0 saturated carbocycles. The Bertz CT molecular complexity index is 2630. The van der Waals surface area contributed by atoms with Gasteiger partial charge >= 0.3 is 0 Å². The number of aromatic nitrogens is 3. The van der Waals surface area contributed by atoms with E-state index in [-0.39, 0.29) is 10.8 Å². The maximum absolute atomic E-state index is 5.37. The van der Waals surface area contributed by atoms with E-state index in [2.05, 4.69) is 207 Å². The summed E-state index contributed by atoms with van der Waals surface area (Å²) in [7, 11) is 0. The molecule has 0 saturated heterocycles. The Balaban J connectivity index is 1.05. The molecule has 0 spiro atoms. The first-order valence-electron chi connectivity index (χ1n) is 19.4. The molecular weight excluding hydrogens is 655 g/mol. The third kappa shape index (κ3) is 4.98. The molecule has 10 rings (SSSR count). The Hall–Kier alpha value is -5.93. The molecular formula is C51H45N3. The van der Waals surface area contributed by atoms with Gasteiger partial charge < -0.3 is 4.57 Å². The quantitative estimate of drug-likeness (QED) is 0.169. The van der Waals surface area contributed by atoms with Crippen molar-refractivity contribution in [1.82, 2.24) is 14.3 Å². The fraction of sp³-hybridized carbons (Fsp3) is 0.196. The second kappa shape index (κ2) is 12.3. The molecule has 0 N–H and O–H groups in total. The van der Waals surface area contributed by atoms with Gasteiger partial charge in [0.1, 0.15) is 6.67 Å². The molecule has 3 heteroatoms. The monoisotopic (exact) mass is 699 g/mol. The van der Waals surface area contributed by atoms with Gasteiger partial charge in [-0.3, -0.25) is 0 Å². The van der Waals surface area contributed by atoms with Crippen LogP contribution >= 0.6 is 0 Å².